The predicted molar refractivity (Wildman–Crippen MR) is 56.0 cm³/mol. The van der Waals surface area contributed by atoms with Gasteiger partial charge in [-0.15, -0.1) is 0 Å². The van der Waals surface area contributed by atoms with Crippen molar-refractivity contribution in [3.8, 4) is 0 Å². The number of nitrogens with zero attached hydrogens (tertiary/aromatic N) is 1. The molecule has 19 heavy (non-hydrogen) atoms. The molecule has 0 saturated heterocycles. The van der Waals surface area contributed by atoms with Crippen molar-refractivity contribution in [2.24, 2.45) is 10.7 Å². The zero-order valence-corrected chi connectivity index (χ0v) is 9.10. The third-order valence-corrected chi connectivity index (χ3v) is 1.96. The topological polar surface area (TPSA) is 62.2 Å². The number of benzene rings is 1. The second kappa shape index (κ2) is 4.90. The Morgan fingerprint density at radius 3 is 1.74 bits per heavy atom. The van der Waals surface area contributed by atoms with Crippen LogP contribution in [-0.2, 0) is 12.4 Å². The zero-order chi connectivity index (χ0) is 14.8. The van der Waals surface area contributed by atoms with Gasteiger partial charge in [0.1, 0.15) is 0 Å². The first-order valence-electron chi connectivity index (χ1n) is 4.68. The Morgan fingerprint density at radius 1 is 1.00 bits per heavy atom. The highest BCUT2D eigenvalue weighted by Crippen LogP contribution is 2.35. The van der Waals surface area contributed by atoms with Gasteiger partial charge in [0.25, 0.3) is 0 Å². The van der Waals surface area contributed by atoms with Gasteiger partial charge >= 0.3 is 12.4 Å². The van der Waals surface area contributed by atoms with Gasteiger partial charge in [0.05, 0.1) is 11.1 Å². The Bertz CT molecular complexity index is 483. The molecular weight excluding hydrogens is 276 g/mol. The molecule has 1 aromatic carbocycles. The minimum Gasteiger partial charge on any atom is -0.368 e. The van der Waals surface area contributed by atoms with Gasteiger partial charge in [0.15, 0.2) is 0 Å². The summed E-state index contributed by atoms with van der Waals surface area (Å²) in [5, 5.41) is 6.73. The number of rotatable bonds is 1. The maximum Gasteiger partial charge on any atom is 0.416 e. The molecule has 0 radical (unpaired) electrons. The quantitative estimate of drug-likeness (QED) is 0.464. The van der Waals surface area contributed by atoms with Crippen molar-refractivity contribution in [3.05, 3.63) is 34.9 Å². The molecule has 9 heteroatoms. The Balaban J connectivity index is 3.37. The van der Waals surface area contributed by atoms with Gasteiger partial charge in [0, 0.05) is 6.21 Å². The van der Waals surface area contributed by atoms with E-state index in [2.05, 4.69) is 4.99 Å². The highest BCUT2D eigenvalue weighted by atomic mass is 19.4. The number of guanidine groups is 1. The molecule has 0 aromatic heterocycles. The summed E-state index contributed by atoms with van der Waals surface area (Å²) >= 11 is 0. The summed E-state index contributed by atoms with van der Waals surface area (Å²) in [5.41, 5.74) is 1.48. The molecule has 0 heterocycles. The first-order valence-corrected chi connectivity index (χ1v) is 4.68. The molecule has 0 aliphatic rings. The lowest BCUT2D eigenvalue weighted by Crippen LogP contribution is -2.12. The molecule has 0 amide bonds. The average Bonchev–Trinajstić information content (AvgIpc) is 2.23. The summed E-state index contributed by atoms with van der Waals surface area (Å²) in [6.07, 6.45) is -9.17. The second-order valence-corrected chi connectivity index (χ2v) is 3.48. The molecule has 1 aromatic rings. The summed E-state index contributed by atoms with van der Waals surface area (Å²) < 4.78 is 74.7. The lowest BCUT2D eigenvalue weighted by atomic mass is 10.1. The monoisotopic (exact) mass is 283 g/mol. The van der Waals surface area contributed by atoms with Crippen molar-refractivity contribution in [2.45, 2.75) is 12.4 Å². The van der Waals surface area contributed by atoms with Crippen LogP contribution < -0.4 is 5.73 Å². The highest BCUT2D eigenvalue weighted by molar-refractivity contribution is 5.91. The van der Waals surface area contributed by atoms with E-state index in [1.165, 1.54) is 0 Å². The van der Waals surface area contributed by atoms with Crippen molar-refractivity contribution in [1.82, 2.24) is 0 Å². The van der Waals surface area contributed by atoms with Gasteiger partial charge in [0.2, 0.25) is 5.96 Å². The van der Waals surface area contributed by atoms with Crippen molar-refractivity contribution in [2.75, 3.05) is 0 Å². The van der Waals surface area contributed by atoms with Crippen LogP contribution in [0.2, 0.25) is 0 Å². The van der Waals surface area contributed by atoms with Crippen LogP contribution in [0.1, 0.15) is 16.7 Å². The lowest BCUT2D eigenvalue weighted by Gasteiger charge is -2.12. The summed E-state index contributed by atoms with van der Waals surface area (Å²) in [4.78, 5) is 3.14. The zero-order valence-electron chi connectivity index (χ0n) is 9.10. The summed E-state index contributed by atoms with van der Waals surface area (Å²) in [5.74, 6) is -0.731. The number of halogens is 6. The van der Waals surface area contributed by atoms with E-state index in [0.29, 0.717) is 18.3 Å². The summed E-state index contributed by atoms with van der Waals surface area (Å²) in [6.45, 7) is 0. The van der Waals surface area contributed by atoms with Crippen molar-refractivity contribution >= 4 is 12.2 Å². The third kappa shape index (κ3) is 4.27. The van der Waals surface area contributed by atoms with E-state index >= 15 is 0 Å². The number of aliphatic imine (C=N–C) groups is 1. The van der Waals surface area contributed by atoms with E-state index in [1.807, 2.05) is 0 Å². The second-order valence-electron chi connectivity index (χ2n) is 3.48. The Kier molecular flexibility index (Phi) is 3.87. The fraction of sp³-hybridized carbons (Fsp3) is 0.200. The normalized spacial score (nSPS) is 12.9. The summed E-state index contributed by atoms with van der Waals surface area (Å²) in [7, 11) is 0. The molecule has 0 aliphatic carbocycles. The Morgan fingerprint density at radius 2 is 1.42 bits per heavy atom. The SMILES string of the molecule is N=C(N)/N=C\c1cc(C(F)(F)F)cc(C(F)(F)F)c1. The van der Waals surface area contributed by atoms with Crippen molar-refractivity contribution < 1.29 is 26.3 Å². The number of nitrogens with two attached hydrogens (primary N) is 1. The fourth-order valence-electron chi connectivity index (χ4n) is 1.20. The van der Waals surface area contributed by atoms with Crippen LogP contribution in [0.4, 0.5) is 26.3 Å². The van der Waals surface area contributed by atoms with Gasteiger partial charge in [-0.1, -0.05) is 0 Å². The van der Waals surface area contributed by atoms with Gasteiger partial charge in [-0.3, -0.25) is 5.41 Å². The Labute approximate surface area is 103 Å². The highest BCUT2D eigenvalue weighted by Gasteiger charge is 2.36. The van der Waals surface area contributed by atoms with Crippen LogP contribution in [0.15, 0.2) is 23.2 Å². The first kappa shape index (κ1) is 15.0. The van der Waals surface area contributed by atoms with Crippen LogP contribution >= 0.6 is 0 Å². The standard InChI is InChI=1S/C10H7F6N3/c11-9(12,13)6-1-5(4-19-8(17)18)2-7(3-6)10(14,15)16/h1-4H,(H3,17,18)/b19-4-. The molecule has 1 rings (SSSR count). The van der Waals surface area contributed by atoms with Crippen LogP contribution in [0.3, 0.4) is 0 Å². The first-order chi connectivity index (χ1) is 8.50. The van der Waals surface area contributed by atoms with Crippen LogP contribution in [0.5, 0.6) is 0 Å². The van der Waals surface area contributed by atoms with E-state index in [-0.39, 0.29) is 6.07 Å². The molecule has 3 nitrogen and oxygen atoms in total. The van der Waals surface area contributed by atoms with Gasteiger partial charge in [-0.2, -0.15) is 26.3 Å². The molecule has 0 aliphatic heterocycles. The molecule has 0 spiro atoms. The van der Waals surface area contributed by atoms with Crippen LogP contribution in [0.25, 0.3) is 0 Å². The number of nitrogens with one attached hydrogen (secondary N) is 1. The molecule has 0 atom stereocenters. The maximum absolute atomic E-state index is 12.5. The third-order valence-electron chi connectivity index (χ3n) is 1.96. The van der Waals surface area contributed by atoms with Gasteiger partial charge in [-0.25, -0.2) is 4.99 Å². The van der Waals surface area contributed by atoms with E-state index in [4.69, 9.17) is 11.1 Å². The average molecular weight is 283 g/mol. The predicted octanol–water partition coefficient (Wildman–Crippen LogP) is 3.04. The minimum absolute atomic E-state index is 0.00507. The Hall–Kier alpha value is -2.06. The number of hydrogen-bond acceptors (Lipinski definition) is 1. The molecule has 104 valence electrons. The van der Waals surface area contributed by atoms with E-state index in [9.17, 15) is 26.3 Å². The maximum atomic E-state index is 12.5. The number of alkyl halides is 6. The fourth-order valence-corrected chi connectivity index (χ4v) is 1.20. The molecule has 0 bridgehead atoms. The van der Waals surface area contributed by atoms with E-state index in [0.717, 1.165) is 0 Å². The smallest absolute Gasteiger partial charge is 0.368 e. The van der Waals surface area contributed by atoms with Gasteiger partial charge in [-0.05, 0) is 23.8 Å². The van der Waals surface area contributed by atoms with E-state index < -0.39 is 35.0 Å². The van der Waals surface area contributed by atoms with Crippen LogP contribution in [-0.4, -0.2) is 12.2 Å². The largest absolute Gasteiger partial charge is 0.416 e. The molecule has 0 fully saturated rings. The van der Waals surface area contributed by atoms with Crippen LogP contribution in [0, 0.1) is 5.41 Å². The molecule has 0 saturated carbocycles. The van der Waals surface area contributed by atoms with E-state index in [1.54, 1.807) is 0 Å². The molecular formula is C10H7F6N3. The minimum atomic E-state index is -4.92. The number of hydrogen-bond donors (Lipinski definition) is 2. The molecule has 3 N–H and O–H groups in total. The lowest BCUT2D eigenvalue weighted by molar-refractivity contribution is -0.143. The van der Waals surface area contributed by atoms with Crippen molar-refractivity contribution in [1.29, 1.82) is 5.41 Å². The van der Waals surface area contributed by atoms with Crippen molar-refractivity contribution in [3.63, 3.8) is 0 Å². The summed E-state index contributed by atoms with van der Waals surface area (Å²) in [6, 6.07) is 0.981. The molecule has 0 unspecified atom stereocenters. The van der Waals surface area contributed by atoms with Gasteiger partial charge < -0.3 is 5.73 Å².